The molecule has 1 aliphatic carbocycles. The van der Waals surface area contributed by atoms with E-state index in [4.69, 9.17) is 9.47 Å². The van der Waals surface area contributed by atoms with Crippen molar-refractivity contribution in [3.8, 4) is 0 Å². The zero-order valence-corrected chi connectivity index (χ0v) is 18.5. The zero-order valence-electron chi connectivity index (χ0n) is 18.5. The zero-order chi connectivity index (χ0) is 21.7. The third-order valence-electron chi connectivity index (χ3n) is 5.13. The second kappa shape index (κ2) is 9.60. The van der Waals surface area contributed by atoms with Crippen LogP contribution in [0.4, 0.5) is 10.6 Å². The Balaban J connectivity index is 1.74. The summed E-state index contributed by atoms with van der Waals surface area (Å²) < 4.78 is 10.6. The van der Waals surface area contributed by atoms with E-state index in [1.165, 1.54) is 18.9 Å². The smallest absolute Gasteiger partial charge is 0.416 e. The van der Waals surface area contributed by atoms with Gasteiger partial charge in [-0.2, -0.15) is 0 Å². The van der Waals surface area contributed by atoms with Gasteiger partial charge in [-0.1, -0.05) is 0 Å². The summed E-state index contributed by atoms with van der Waals surface area (Å²) in [5, 5.41) is 0. The number of aromatic nitrogens is 1. The molecule has 1 saturated heterocycles. The third-order valence-corrected chi connectivity index (χ3v) is 5.13. The second-order valence-corrected chi connectivity index (χ2v) is 9.03. The van der Waals surface area contributed by atoms with E-state index in [2.05, 4.69) is 9.88 Å². The van der Waals surface area contributed by atoms with Crippen LogP contribution in [-0.2, 0) is 14.3 Å². The number of anilines is 1. The summed E-state index contributed by atoms with van der Waals surface area (Å²) >= 11 is 0. The molecule has 7 nitrogen and oxygen atoms in total. The molecule has 1 atom stereocenters. The fraction of sp³-hybridized carbons (Fsp3) is 0.609. The number of nitrogens with zero attached hydrogens (tertiary/aromatic N) is 3. The highest BCUT2D eigenvalue weighted by Gasteiger charge is 2.36. The molecular formula is C23H33N3O4. The van der Waals surface area contributed by atoms with E-state index < -0.39 is 11.6 Å². The van der Waals surface area contributed by atoms with Gasteiger partial charge in [-0.25, -0.2) is 14.6 Å². The quantitative estimate of drug-likeness (QED) is 0.497. The van der Waals surface area contributed by atoms with E-state index in [0.717, 1.165) is 37.5 Å². The molecular weight excluding hydrogens is 382 g/mol. The van der Waals surface area contributed by atoms with E-state index >= 15 is 0 Å². The molecule has 30 heavy (non-hydrogen) atoms. The minimum atomic E-state index is -0.579. The summed E-state index contributed by atoms with van der Waals surface area (Å²) in [6, 6.07) is 3.68. The van der Waals surface area contributed by atoms with E-state index in [1.807, 2.05) is 26.8 Å². The standard InChI is InChI=1S/C23H33N3O4/c1-5-29-21(27)11-9-17-8-10-20(24-14-17)26(22(28)30-23(2,3)4)19-12-13-25(16-19)15-18-6-7-18/h8-11,14,18-19H,5-7,12-13,15-16H2,1-4H3/t19-/m1/s1. The van der Waals surface area contributed by atoms with Crippen LogP contribution in [0.1, 0.15) is 52.5 Å². The predicted molar refractivity (Wildman–Crippen MR) is 116 cm³/mol. The first kappa shape index (κ1) is 22.3. The molecule has 1 aromatic rings. The monoisotopic (exact) mass is 415 g/mol. The highest BCUT2D eigenvalue weighted by Crippen LogP contribution is 2.32. The van der Waals surface area contributed by atoms with Gasteiger partial charge in [0.25, 0.3) is 0 Å². The number of amides is 1. The maximum Gasteiger partial charge on any atom is 0.416 e. The average Bonchev–Trinajstić information content (AvgIpc) is 3.37. The minimum Gasteiger partial charge on any atom is -0.463 e. The van der Waals surface area contributed by atoms with Crippen molar-refractivity contribution in [2.24, 2.45) is 5.92 Å². The first-order chi connectivity index (χ1) is 14.2. The molecule has 1 aliphatic heterocycles. The molecule has 0 bridgehead atoms. The summed E-state index contributed by atoms with van der Waals surface area (Å²) in [6.07, 6.45) is 7.84. The number of hydrogen-bond donors (Lipinski definition) is 0. The number of likely N-dealkylation sites (tertiary alicyclic amines) is 1. The Hall–Kier alpha value is -2.41. The molecule has 2 heterocycles. The number of esters is 1. The van der Waals surface area contributed by atoms with Gasteiger partial charge < -0.3 is 14.4 Å². The van der Waals surface area contributed by atoms with Crippen LogP contribution < -0.4 is 4.90 Å². The minimum absolute atomic E-state index is 0.0343. The Bertz CT molecular complexity index is 766. The largest absolute Gasteiger partial charge is 0.463 e. The van der Waals surface area contributed by atoms with Crippen LogP contribution in [0, 0.1) is 5.92 Å². The number of pyridine rings is 1. The molecule has 1 aromatic heterocycles. The van der Waals surface area contributed by atoms with Gasteiger partial charge in [0.1, 0.15) is 11.4 Å². The number of rotatable bonds is 7. The molecule has 3 rings (SSSR count). The number of carbonyl (C=O) groups excluding carboxylic acids is 2. The second-order valence-electron chi connectivity index (χ2n) is 9.03. The number of hydrogen-bond acceptors (Lipinski definition) is 6. The maximum absolute atomic E-state index is 13.0. The van der Waals surface area contributed by atoms with Crippen molar-refractivity contribution in [2.45, 2.75) is 58.6 Å². The van der Waals surface area contributed by atoms with E-state index in [9.17, 15) is 9.59 Å². The van der Waals surface area contributed by atoms with Crippen LogP contribution in [0.15, 0.2) is 24.4 Å². The predicted octanol–water partition coefficient (Wildman–Crippen LogP) is 3.88. The first-order valence-electron chi connectivity index (χ1n) is 10.8. The van der Waals surface area contributed by atoms with Gasteiger partial charge in [0.15, 0.2) is 0 Å². The van der Waals surface area contributed by atoms with Crippen LogP contribution in [0.25, 0.3) is 6.08 Å². The van der Waals surface area contributed by atoms with Crippen molar-refractivity contribution >= 4 is 24.0 Å². The van der Waals surface area contributed by atoms with Gasteiger partial charge in [0, 0.05) is 31.9 Å². The Morgan fingerprint density at radius 3 is 2.63 bits per heavy atom. The van der Waals surface area contributed by atoms with Crippen molar-refractivity contribution in [1.29, 1.82) is 0 Å². The van der Waals surface area contributed by atoms with Crippen molar-refractivity contribution < 1.29 is 19.1 Å². The van der Waals surface area contributed by atoms with Crippen molar-refractivity contribution in [1.82, 2.24) is 9.88 Å². The molecule has 0 spiro atoms. The highest BCUT2D eigenvalue weighted by atomic mass is 16.6. The SMILES string of the molecule is CCOC(=O)C=Cc1ccc(N(C(=O)OC(C)(C)C)[C@@H]2CCN(CC3CC3)C2)nc1. The molecule has 0 N–H and O–H groups in total. The molecule has 0 radical (unpaired) electrons. The number of carbonyl (C=O) groups is 2. The summed E-state index contributed by atoms with van der Waals surface area (Å²) in [4.78, 5) is 33.2. The van der Waals surface area contributed by atoms with Crippen LogP contribution in [0.2, 0.25) is 0 Å². The molecule has 2 aliphatic rings. The first-order valence-corrected chi connectivity index (χ1v) is 10.8. The molecule has 7 heteroatoms. The van der Waals surface area contributed by atoms with E-state index in [1.54, 1.807) is 30.2 Å². The van der Waals surface area contributed by atoms with Crippen molar-refractivity contribution in [2.75, 3.05) is 31.1 Å². The van der Waals surface area contributed by atoms with Crippen molar-refractivity contribution in [3.05, 3.63) is 30.0 Å². The van der Waals surface area contributed by atoms with E-state index in [-0.39, 0.29) is 12.1 Å². The fourth-order valence-corrected chi connectivity index (χ4v) is 3.59. The van der Waals surface area contributed by atoms with Crippen LogP contribution >= 0.6 is 0 Å². The van der Waals surface area contributed by atoms with Gasteiger partial charge in [0.05, 0.1) is 12.6 Å². The summed E-state index contributed by atoms with van der Waals surface area (Å²) in [5.41, 5.74) is 0.182. The van der Waals surface area contributed by atoms with Gasteiger partial charge in [-0.05, 0) is 76.6 Å². The van der Waals surface area contributed by atoms with Gasteiger partial charge in [-0.15, -0.1) is 0 Å². The lowest BCUT2D eigenvalue weighted by Gasteiger charge is -2.31. The molecule has 1 amide bonds. The van der Waals surface area contributed by atoms with Crippen LogP contribution in [-0.4, -0.2) is 59.8 Å². The molecule has 0 aromatic carbocycles. The summed E-state index contributed by atoms with van der Waals surface area (Å²) in [5.74, 6) is 0.997. The Morgan fingerprint density at radius 2 is 2.03 bits per heavy atom. The van der Waals surface area contributed by atoms with Crippen molar-refractivity contribution in [3.63, 3.8) is 0 Å². The number of ether oxygens (including phenoxy) is 2. The average molecular weight is 416 g/mol. The summed E-state index contributed by atoms with van der Waals surface area (Å²) in [7, 11) is 0. The Morgan fingerprint density at radius 1 is 1.27 bits per heavy atom. The fourth-order valence-electron chi connectivity index (χ4n) is 3.59. The summed E-state index contributed by atoms with van der Waals surface area (Å²) in [6.45, 7) is 10.6. The third kappa shape index (κ3) is 6.55. The topological polar surface area (TPSA) is 72.0 Å². The molecule has 2 fully saturated rings. The Labute approximate surface area is 179 Å². The van der Waals surface area contributed by atoms with Crippen LogP contribution in [0.3, 0.4) is 0 Å². The van der Waals surface area contributed by atoms with Crippen LogP contribution in [0.5, 0.6) is 0 Å². The lowest BCUT2D eigenvalue weighted by atomic mass is 10.2. The van der Waals surface area contributed by atoms with Gasteiger partial charge in [-0.3, -0.25) is 4.90 Å². The lowest BCUT2D eigenvalue weighted by Crippen LogP contribution is -2.45. The Kier molecular flexibility index (Phi) is 7.13. The molecule has 164 valence electrons. The molecule has 0 unspecified atom stereocenters. The molecule has 1 saturated carbocycles. The lowest BCUT2D eigenvalue weighted by molar-refractivity contribution is -0.137. The van der Waals surface area contributed by atoms with Gasteiger partial charge >= 0.3 is 12.1 Å². The van der Waals surface area contributed by atoms with Gasteiger partial charge in [0.2, 0.25) is 0 Å². The normalized spacial score (nSPS) is 19.8. The maximum atomic E-state index is 13.0. The van der Waals surface area contributed by atoms with E-state index in [0.29, 0.717) is 12.4 Å². The highest BCUT2D eigenvalue weighted by molar-refractivity contribution is 5.88.